The number of aliphatic hydroxyl groups is 1. The second-order valence-electron chi connectivity index (χ2n) is 3.88. The first kappa shape index (κ1) is 14.3. The molecule has 1 heterocycles. The van der Waals surface area contributed by atoms with Crippen LogP contribution in [0.2, 0.25) is 0 Å². The summed E-state index contributed by atoms with van der Waals surface area (Å²) < 4.78 is 55.8. The van der Waals surface area contributed by atoms with Crippen molar-refractivity contribution in [2.24, 2.45) is 0 Å². The van der Waals surface area contributed by atoms with Crippen molar-refractivity contribution < 1.29 is 27.4 Å². The molecule has 2 aromatic rings. The van der Waals surface area contributed by atoms with Crippen LogP contribution in [0, 0.1) is 5.82 Å². The average Bonchev–Trinajstić information content (AvgIpc) is 2.40. The van der Waals surface area contributed by atoms with Gasteiger partial charge in [-0.15, -0.1) is 0 Å². The van der Waals surface area contributed by atoms with Crippen LogP contribution in [-0.4, -0.2) is 10.1 Å². The molecule has 20 heavy (non-hydrogen) atoms. The zero-order chi connectivity index (χ0) is 14.8. The lowest BCUT2D eigenvalue weighted by Gasteiger charge is -2.11. The van der Waals surface area contributed by atoms with Gasteiger partial charge >= 0.3 is 6.18 Å². The number of benzene rings is 1. The number of alkyl halides is 3. The van der Waals surface area contributed by atoms with Crippen LogP contribution in [0.1, 0.15) is 11.3 Å². The Labute approximate surface area is 111 Å². The Bertz CT molecular complexity index is 596. The Morgan fingerprint density at radius 1 is 1.10 bits per heavy atom. The molecule has 1 N–H and O–H groups in total. The van der Waals surface area contributed by atoms with Gasteiger partial charge in [-0.3, -0.25) is 4.98 Å². The monoisotopic (exact) mass is 287 g/mol. The van der Waals surface area contributed by atoms with Gasteiger partial charge in [0.25, 0.3) is 0 Å². The van der Waals surface area contributed by atoms with E-state index in [9.17, 15) is 17.6 Å². The number of aliphatic hydroxyl groups excluding tert-OH is 1. The Morgan fingerprint density at radius 3 is 2.35 bits per heavy atom. The maximum atomic E-state index is 13.1. The van der Waals surface area contributed by atoms with Crippen LogP contribution in [-0.2, 0) is 12.8 Å². The van der Waals surface area contributed by atoms with Gasteiger partial charge in [0.15, 0.2) is 0 Å². The van der Waals surface area contributed by atoms with Gasteiger partial charge in [-0.2, -0.15) is 13.2 Å². The summed E-state index contributed by atoms with van der Waals surface area (Å²) in [5, 5.41) is 8.80. The van der Waals surface area contributed by atoms with E-state index in [4.69, 9.17) is 9.84 Å². The predicted octanol–water partition coefficient (Wildman–Crippen LogP) is 3.52. The molecular weight excluding hydrogens is 278 g/mol. The van der Waals surface area contributed by atoms with Crippen molar-refractivity contribution >= 4 is 0 Å². The minimum Gasteiger partial charge on any atom is -0.456 e. The van der Waals surface area contributed by atoms with Gasteiger partial charge in [-0.25, -0.2) is 4.39 Å². The molecule has 1 aromatic heterocycles. The minimum atomic E-state index is -4.79. The lowest BCUT2D eigenvalue weighted by molar-refractivity contribution is -0.140. The maximum Gasteiger partial charge on any atom is 0.419 e. The highest BCUT2D eigenvalue weighted by atomic mass is 19.4. The maximum absolute atomic E-state index is 13.1. The van der Waals surface area contributed by atoms with Crippen LogP contribution < -0.4 is 4.74 Å². The van der Waals surface area contributed by atoms with E-state index in [1.807, 2.05) is 0 Å². The molecule has 0 aliphatic rings. The van der Waals surface area contributed by atoms with Crippen LogP contribution in [0.15, 0.2) is 36.5 Å². The molecule has 0 aliphatic carbocycles. The van der Waals surface area contributed by atoms with E-state index in [1.165, 1.54) is 18.3 Å². The number of nitrogens with zero attached hydrogens (tertiary/aromatic N) is 1. The van der Waals surface area contributed by atoms with E-state index in [0.29, 0.717) is 17.8 Å². The van der Waals surface area contributed by atoms with Crippen molar-refractivity contribution in [1.82, 2.24) is 4.98 Å². The van der Waals surface area contributed by atoms with Crippen molar-refractivity contribution in [3.8, 4) is 11.5 Å². The van der Waals surface area contributed by atoms with E-state index in [2.05, 4.69) is 4.98 Å². The molecule has 3 nitrogen and oxygen atoms in total. The molecule has 0 saturated carbocycles. The van der Waals surface area contributed by atoms with E-state index in [-0.39, 0.29) is 18.1 Å². The van der Waals surface area contributed by atoms with Crippen LogP contribution in [0.25, 0.3) is 0 Å². The van der Waals surface area contributed by atoms with Crippen molar-refractivity contribution in [3.05, 3.63) is 53.6 Å². The highest BCUT2D eigenvalue weighted by Crippen LogP contribution is 2.34. The SMILES string of the molecule is OCc1ccc(Oc2ccc(F)c(C(F)(F)F)c2)cn1. The van der Waals surface area contributed by atoms with Gasteiger partial charge in [0.05, 0.1) is 24.1 Å². The first-order valence-corrected chi connectivity index (χ1v) is 5.50. The molecule has 2 rings (SSSR count). The second-order valence-corrected chi connectivity index (χ2v) is 3.88. The molecule has 0 saturated heterocycles. The van der Waals surface area contributed by atoms with Crippen molar-refractivity contribution in [1.29, 1.82) is 0 Å². The van der Waals surface area contributed by atoms with Gasteiger partial charge in [-0.1, -0.05) is 0 Å². The molecule has 0 radical (unpaired) electrons. The number of hydrogen-bond acceptors (Lipinski definition) is 3. The van der Waals surface area contributed by atoms with Crippen molar-refractivity contribution in [3.63, 3.8) is 0 Å². The van der Waals surface area contributed by atoms with Crippen LogP contribution in [0.3, 0.4) is 0 Å². The molecule has 106 valence electrons. The summed E-state index contributed by atoms with van der Waals surface area (Å²) in [6, 6.07) is 5.26. The molecule has 0 amide bonds. The number of pyridine rings is 1. The average molecular weight is 287 g/mol. The number of hydrogen-bond donors (Lipinski definition) is 1. The number of halogens is 4. The molecule has 1 aromatic carbocycles. The molecular formula is C13H9F4NO2. The number of rotatable bonds is 3. The lowest BCUT2D eigenvalue weighted by atomic mass is 10.2. The minimum absolute atomic E-state index is 0.155. The first-order valence-electron chi connectivity index (χ1n) is 5.50. The van der Waals surface area contributed by atoms with Crippen LogP contribution >= 0.6 is 0 Å². The molecule has 0 atom stereocenters. The normalized spacial score (nSPS) is 11.4. The van der Waals surface area contributed by atoms with Gasteiger partial charge in [0, 0.05) is 0 Å². The Balaban J connectivity index is 2.25. The summed E-state index contributed by atoms with van der Waals surface area (Å²) in [6.45, 7) is -0.255. The molecule has 0 unspecified atom stereocenters. The van der Waals surface area contributed by atoms with Crippen LogP contribution in [0.5, 0.6) is 11.5 Å². The summed E-state index contributed by atoms with van der Waals surface area (Å²) in [6.07, 6.45) is -3.54. The molecule has 0 fully saturated rings. The second kappa shape index (κ2) is 5.46. The third kappa shape index (κ3) is 3.24. The summed E-state index contributed by atoms with van der Waals surface area (Å²) in [7, 11) is 0. The quantitative estimate of drug-likeness (QED) is 0.878. The van der Waals surface area contributed by atoms with Gasteiger partial charge in [-0.05, 0) is 30.3 Å². The largest absolute Gasteiger partial charge is 0.456 e. The predicted molar refractivity (Wildman–Crippen MR) is 61.6 cm³/mol. The smallest absolute Gasteiger partial charge is 0.419 e. The Hall–Kier alpha value is -2.15. The first-order chi connectivity index (χ1) is 9.40. The van der Waals surface area contributed by atoms with E-state index >= 15 is 0 Å². The van der Waals surface area contributed by atoms with E-state index in [1.54, 1.807) is 0 Å². The zero-order valence-electron chi connectivity index (χ0n) is 9.99. The van der Waals surface area contributed by atoms with Crippen LogP contribution in [0.4, 0.5) is 17.6 Å². The Kier molecular flexibility index (Phi) is 3.89. The fraction of sp³-hybridized carbons (Fsp3) is 0.154. The molecule has 0 spiro atoms. The molecule has 0 aliphatic heterocycles. The van der Waals surface area contributed by atoms with Gasteiger partial charge < -0.3 is 9.84 Å². The van der Waals surface area contributed by atoms with Gasteiger partial charge in [0.1, 0.15) is 17.3 Å². The highest BCUT2D eigenvalue weighted by molar-refractivity contribution is 5.35. The van der Waals surface area contributed by atoms with Crippen molar-refractivity contribution in [2.75, 3.05) is 0 Å². The third-order valence-electron chi connectivity index (χ3n) is 2.44. The summed E-state index contributed by atoms with van der Waals surface area (Å²) in [4.78, 5) is 3.81. The topological polar surface area (TPSA) is 42.4 Å². The summed E-state index contributed by atoms with van der Waals surface area (Å²) in [5.74, 6) is -1.34. The van der Waals surface area contributed by atoms with Gasteiger partial charge in [0.2, 0.25) is 0 Å². The number of aromatic nitrogens is 1. The summed E-state index contributed by atoms with van der Waals surface area (Å²) in [5.41, 5.74) is -0.998. The third-order valence-corrected chi connectivity index (χ3v) is 2.44. The molecule has 0 bridgehead atoms. The Morgan fingerprint density at radius 2 is 1.80 bits per heavy atom. The van der Waals surface area contributed by atoms with E-state index in [0.717, 1.165) is 6.07 Å². The van der Waals surface area contributed by atoms with E-state index < -0.39 is 17.6 Å². The standard InChI is InChI=1S/C13H9F4NO2/c14-12-4-3-9(5-11(12)13(15,16)17)20-10-2-1-8(7-19)18-6-10/h1-6,19H,7H2. The fourth-order valence-electron chi connectivity index (χ4n) is 1.49. The highest BCUT2D eigenvalue weighted by Gasteiger charge is 2.34. The number of ether oxygens (including phenoxy) is 1. The molecule has 7 heteroatoms. The lowest BCUT2D eigenvalue weighted by Crippen LogP contribution is -2.08. The summed E-state index contributed by atoms with van der Waals surface area (Å²) >= 11 is 0. The fourth-order valence-corrected chi connectivity index (χ4v) is 1.49. The zero-order valence-corrected chi connectivity index (χ0v) is 9.99. The van der Waals surface area contributed by atoms with Crippen molar-refractivity contribution in [2.45, 2.75) is 12.8 Å².